The van der Waals surface area contributed by atoms with E-state index >= 15 is 0 Å². The van der Waals surface area contributed by atoms with Gasteiger partial charge in [-0.25, -0.2) is 14.6 Å². The Morgan fingerprint density at radius 3 is 2.90 bits per heavy atom. The molecule has 0 spiro atoms. The third-order valence-corrected chi connectivity index (χ3v) is 3.37. The number of carboxylic acids is 1. The number of aromatic nitrogens is 2. The predicted molar refractivity (Wildman–Crippen MR) is 69.1 cm³/mol. The normalized spacial score (nSPS) is 22.0. The van der Waals surface area contributed by atoms with Crippen molar-refractivity contribution in [2.45, 2.75) is 25.0 Å². The van der Waals surface area contributed by atoms with Crippen molar-refractivity contribution in [2.24, 2.45) is 7.05 Å². The molecule has 1 saturated heterocycles. The SMILES string of the molecule is Cn1ccnc1CCNC(=O)N1CC(O)C[C@H]1C(=O)O. The number of aliphatic hydroxyl groups is 1. The Morgan fingerprint density at radius 1 is 1.55 bits per heavy atom. The smallest absolute Gasteiger partial charge is 0.326 e. The standard InChI is InChI=1S/C12H18N4O4/c1-15-5-4-13-10(15)2-3-14-12(20)16-7-8(17)6-9(16)11(18)19/h4-5,8-9,17H,2-3,6-7H2,1H3,(H,14,20)(H,18,19)/t8?,9-/m0/s1. The fourth-order valence-corrected chi connectivity index (χ4v) is 2.29. The lowest BCUT2D eigenvalue weighted by molar-refractivity contribution is -0.141. The molecule has 20 heavy (non-hydrogen) atoms. The van der Waals surface area contributed by atoms with E-state index in [4.69, 9.17) is 5.11 Å². The van der Waals surface area contributed by atoms with Gasteiger partial charge in [0.25, 0.3) is 0 Å². The summed E-state index contributed by atoms with van der Waals surface area (Å²) in [6, 6.07) is -1.43. The first-order valence-corrected chi connectivity index (χ1v) is 6.40. The summed E-state index contributed by atoms with van der Waals surface area (Å²) in [5, 5.41) is 21.2. The zero-order chi connectivity index (χ0) is 14.7. The Kier molecular flexibility index (Phi) is 4.23. The highest BCUT2D eigenvalue weighted by atomic mass is 16.4. The number of imidazole rings is 1. The van der Waals surface area contributed by atoms with Crippen molar-refractivity contribution in [1.29, 1.82) is 0 Å². The number of hydrogen-bond donors (Lipinski definition) is 3. The number of amides is 2. The molecule has 2 atom stereocenters. The van der Waals surface area contributed by atoms with Gasteiger partial charge in [-0.3, -0.25) is 0 Å². The van der Waals surface area contributed by atoms with Crippen LogP contribution in [0.5, 0.6) is 0 Å². The van der Waals surface area contributed by atoms with E-state index in [-0.39, 0.29) is 13.0 Å². The monoisotopic (exact) mass is 282 g/mol. The fourth-order valence-electron chi connectivity index (χ4n) is 2.29. The molecule has 1 aliphatic rings. The van der Waals surface area contributed by atoms with Gasteiger partial charge in [-0.2, -0.15) is 0 Å². The highest BCUT2D eigenvalue weighted by Gasteiger charge is 2.38. The molecule has 2 rings (SSSR count). The molecule has 3 N–H and O–H groups in total. The summed E-state index contributed by atoms with van der Waals surface area (Å²) in [5.74, 6) is -0.262. The van der Waals surface area contributed by atoms with Crippen LogP contribution in [0.3, 0.4) is 0 Å². The van der Waals surface area contributed by atoms with Crippen LogP contribution >= 0.6 is 0 Å². The molecule has 1 aromatic heterocycles. The molecule has 0 radical (unpaired) electrons. The van der Waals surface area contributed by atoms with Gasteiger partial charge in [0.1, 0.15) is 11.9 Å². The zero-order valence-electron chi connectivity index (χ0n) is 11.2. The minimum absolute atomic E-state index is 0.0468. The maximum atomic E-state index is 11.9. The third kappa shape index (κ3) is 3.08. The lowest BCUT2D eigenvalue weighted by Gasteiger charge is -2.21. The molecule has 2 amide bonds. The van der Waals surface area contributed by atoms with Gasteiger partial charge in [0.05, 0.1) is 6.10 Å². The first-order chi connectivity index (χ1) is 9.49. The number of aliphatic carboxylic acids is 1. The maximum Gasteiger partial charge on any atom is 0.326 e. The average Bonchev–Trinajstić information content (AvgIpc) is 2.96. The number of urea groups is 1. The van der Waals surface area contributed by atoms with E-state index in [0.29, 0.717) is 13.0 Å². The molecule has 110 valence electrons. The summed E-state index contributed by atoms with van der Waals surface area (Å²) >= 11 is 0. The van der Waals surface area contributed by atoms with Gasteiger partial charge in [-0.1, -0.05) is 0 Å². The molecule has 0 saturated carbocycles. The van der Waals surface area contributed by atoms with Crippen molar-refractivity contribution in [2.75, 3.05) is 13.1 Å². The molecular weight excluding hydrogens is 264 g/mol. The van der Waals surface area contributed by atoms with E-state index in [9.17, 15) is 14.7 Å². The van der Waals surface area contributed by atoms with Gasteiger partial charge in [0.2, 0.25) is 0 Å². The van der Waals surface area contributed by atoms with Crippen molar-refractivity contribution in [3.8, 4) is 0 Å². The molecule has 2 heterocycles. The number of aryl methyl sites for hydroxylation is 1. The Morgan fingerprint density at radius 2 is 2.30 bits per heavy atom. The largest absolute Gasteiger partial charge is 0.480 e. The minimum Gasteiger partial charge on any atom is -0.480 e. The van der Waals surface area contributed by atoms with Gasteiger partial charge in [-0.15, -0.1) is 0 Å². The lowest BCUT2D eigenvalue weighted by Crippen LogP contribution is -2.46. The van der Waals surface area contributed by atoms with Gasteiger partial charge in [0.15, 0.2) is 0 Å². The van der Waals surface area contributed by atoms with Crippen LogP contribution in [0, 0.1) is 0 Å². The number of hydrogen-bond acceptors (Lipinski definition) is 4. The summed E-state index contributed by atoms with van der Waals surface area (Å²) in [5.41, 5.74) is 0. The molecule has 1 aromatic rings. The van der Waals surface area contributed by atoms with E-state index in [2.05, 4.69) is 10.3 Å². The van der Waals surface area contributed by atoms with E-state index in [1.165, 1.54) is 0 Å². The van der Waals surface area contributed by atoms with Crippen molar-refractivity contribution in [3.05, 3.63) is 18.2 Å². The second-order valence-corrected chi connectivity index (χ2v) is 4.83. The van der Waals surface area contributed by atoms with Crippen LogP contribution in [0.25, 0.3) is 0 Å². The molecule has 1 fully saturated rings. The van der Waals surface area contributed by atoms with Crippen LogP contribution < -0.4 is 5.32 Å². The first-order valence-electron chi connectivity index (χ1n) is 6.40. The van der Waals surface area contributed by atoms with Crippen LogP contribution in [-0.2, 0) is 18.3 Å². The van der Waals surface area contributed by atoms with Gasteiger partial charge >= 0.3 is 12.0 Å². The second-order valence-electron chi connectivity index (χ2n) is 4.83. The summed E-state index contributed by atoms with van der Waals surface area (Å²) in [6.45, 7) is 0.411. The van der Waals surface area contributed by atoms with Crippen LogP contribution in [0.1, 0.15) is 12.2 Å². The number of rotatable bonds is 4. The number of nitrogens with one attached hydrogen (secondary N) is 1. The first kappa shape index (κ1) is 14.3. The zero-order valence-corrected chi connectivity index (χ0v) is 11.2. The number of carbonyl (C=O) groups is 2. The summed E-state index contributed by atoms with van der Waals surface area (Å²) in [4.78, 5) is 28.2. The van der Waals surface area contributed by atoms with E-state index in [1.54, 1.807) is 6.20 Å². The van der Waals surface area contributed by atoms with E-state index < -0.39 is 24.1 Å². The molecule has 1 unspecified atom stereocenters. The third-order valence-electron chi connectivity index (χ3n) is 3.37. The fraction of sp³-hybridized carbons (Fsp3) is 0.583. The predicted octanol–water partition coefficient (Wildman–Crippen LogP) is -0.808. The average molecular weight is 282 g/mol. The highest BCUT2D eigenvalue weighted by Crippen LogP contribution is 2.17. The molecular formula is C12H18N4O4. The molecule has 0 bridgehead atoms. The molecule has 8 heteroatoms. The lowest BCUT2D eigenvalue weighted by atomic mass is 10.2. The molecule has 0 aliphatic carbocycles. The number of β-amino-alcohol motifs (C(OH)–C–C–N with tert-alkyl or cyclic N) is 1. The van der Waals surface area contributed by atoms with Crippen LogP contribution in [0.15, 0.2) is 12.4 Å². The second kappa shape index (κ2) is 5.91. The van der Waals surface area contributed by atoms with E-state index in [1.807, 2.05) is 17.8 Å². The van der Waals surface area contributed by atoms with Crippen LogP contribution in [0.2, 0.25) is 0 Å². The van der Waals surface area contributed by atoms with Crippen LogP contribution in [0.4, 0.5) is 4.79 Å². The van der Waals surface area contributed by atoms with E-state index in [0.717, 1.165) is 10.7 Å². The van der Waals surface area contributed by atoms with Crippen molar-refractivity contribution in [3.63, 3.8) is 0 Å². The quantitative estimate of drug-likeness (QED) is 0.669. The summed E-state index contributed by atoms with van der Waals surface area (Å²) in [6.07, 6.45) is 3.34. The maximum absolute atomic E-state index is 11.9. The Balaban J connectivity index is 1.85. The van der Waals surface area contributed by atoms with Gasteiger partial charge in [-0.05, 0) is 0 Å². The van der Waals surface area contributed by atoms with Crippen molar-refractivity contribution < 1.29 is 19.8 Å². The highest BCUT2D eigenvalue weighted by molar-refractivity contribution is 5.83. The number of likely N-dealkylation sites (tertiary alicyclic amines) is 1. The molecule has 0 aromatic carbocycles. The number of carboxylic acid groups (broad SMARTS) is 1. The summed E-state index contributed by atoms with van der Waals surface area (Å²) < 4.78 is 1.85. The van der Waals surface area contributed by atoms with Gasteiger partial charge < -0.3 is 25.0 Å². The van der Waals surface area contributed by atoms with Crippen LogP contribution in [-0.4, -0.2) is 61.9 Å². The van der Waals surface area contributed by atoms with Gasteiger partial charge in [0, 0.05) is 45.4 Å². The molecule has 8 nitrogen and oxygen atoms in total. The number of aliphatic hydroxyl groups excluding tert-OH is 1. The summed E-state index contributed by atoms with van der Waals surface area (Å²) in [7, 11) is 1.86. The van der Waals surface area contributed by atoms with Crippen molar-refractivity contribution >= 4 is 12.0 Å². The molecule has 1 aliphatic heterocycles. The Bertz CT molecular complexity index is 501. The van der Waals surface area contributed by atoms with Crippen molar-refractivity contribution in [1.82, 2.24) is 19.8 Å². The Labute approximate surface area is 116 Å². The Hall–Kier alpha value is -2.09. The number of carbonyl (C=O) groups excluding carboxylic acids is 1. The minimum atomic E-state index is -1.10. The topological polar surface area (TPSA) is 108 Å². The number of nitrogens with zero attached hydrogens (tertiary/aromatic N) is 3.